The number of carbonyl (C=O) groups excluding carboxylic acids is 1. The first-order valence-electron chi connectivity index (χ1n) is 3.61. The summed E-state index contributed by atoms with van der Waals surface area (Å²) in [5.41, 5.74) is 0. The Morgan fingerprint density at radius 2 is 2.33 bits per heavy atom. The van der Waals surface area contributed by atoms with Crippen LogP contribution in [0.5, 0.6) is 0 Å². The first-order chi connectivity index (χ1) is 5.79. The zero-order chi connectivity index (χ0) is 8.81. The molecule has 0 unspecified atom stereocenters. The van der Waals surface area contributed by atoms with Gasteiger partial charge in [0.25, 0.3) is 0 Å². The third-order valence-electron chi connectivity index (χ3n) is 1.22. The molecule has 0 aromatic rings. The Kier molecular flexibility index (Phi) is 3.14. The van der Waals surface area contributed by atoms with Gasteiger partial charge in [0.15, 0.2) is 0 Å². The molecule has 1 aliphatic heterocycles. The molecule has 64 valence electrons. The lowest BCUT2D eigenvalue weighted by Gasteiger charge is -2.04. The Morgan fingerprint density at radius 1 is 1.50 bits per heavy atom. The summed E-state index contributed by atoms with van der Waals surface area (Å²) in [4.78, 5) is 10.4. The van der Waals surface area contributed by atoms with E-state index in [2.05, 4.69) is 0 Å². The van der Waals surface area contributed by atoms with E-state index in [0.717, 1.165) is 0 Å². The van der Waals surface area contributed by atoms with Crippen molar-refractivity contribution in [2.24, 2.45) is 0 Å². The van der Waals surface area contributed by atoms with Crippen molar-refractivity contribution in [1.29, 1.82) is 0 Å². The normalized spacial score (nSPS) is 14.6. The van der Waals surface area contributed by atoms with E-state index in [1.165, 1.54) is 6.92 Å². The van der Waals surface area contributed by atoms with Crippen LogP contribution in [0.4, 0.5) is 0 Å². The molecule has 0 spiro atoms. The summed E-state index contributed by atoms with van der Waals surface area (Å²) in [5, 5.41) is 0. The molecule has 3 nitrogen and oxygen atoms in total. The van der Waals surface area contributed by atoms with Gasteiger partial charge < -0.3 is 9.47 Å². The van der Waals surface area contributed by atoms with E-state index in [4.69, 9.17) is 9.47 Å². The van der Waals surface area contributed by atoms with Gasteiger partial charge in [-0.3, -0.25) is 4.79 Å². The fourth-order valence-electron chi connectivity index (χ4n) is 0.693. The van der Waals surface area contributed by atoms with Crippen molar-refractivity contribution in [3.63, 3.8) is 0 Å². The molecule has 3 heteroatoms. The van der Waals surface area contributed by atoms with Crippen molar-refractivity contribution in [3.05, 3.63) is 36.3 Å². The largest absolute Gasteiger partial charge is 0.466 e. The summed E-state index contributed by atoms with van der Waals surface area (Å²) < 4.78 is 9.83. The topological polar surface area (TPSA) is 35.5 Å². The number of esters is 1. The van der Waals surface area contributed by atoms with Gasteiger partial charge in [0, 0.05) is 6.92 Å². The van der Waals surface area contributed by atoms with Gasteiger partial charge in [-0.25, -0.2) is 0 Å². The molecule has 1 heterocycles. The van der Waals surface area contributed by atoms with Crippen molar-refractivity contribution in [1.82, 2.24) is 0 Å². The van der Waals surface area contributed by atoms with E-state index < -0.39 is 0 Å². The van der Waals surface area contributed by atoms with Gasteiger partial charge in [-0.2, -0.15) is 0 Å². The molecule has 0 bridgehead atoms. The van der Waals surface area contributed by atoms with Crippen LogP contribution in [-0.2, 0) is 14.3 Å². The third-order valence-corrected chi connectivity index (χ3v) is 1.22. The molecule has 0 radical (unpaired) electrons. The van der Waals surface area contributed by atoms with Crippen LogP contribution in [0.1, 0.15) is 6.92 Å². The average molecular weight is 166 g/mol. The fraction of sp³-hybridized carbons (Fsp3) is 0.222. The van der Waals surface area contributed by atoms with Crippen LogP contribution in [0, 0.1) is 0 Å². The van der Waals surface area contributed by atoms with E-state index in [-0.39, 0.29) is 12.6 Å². The molecular formula is C9H10O3. The molecule has 0 N–H and O–H groups in total. The lowest BCUT2D eigenvalue weighted by Crippen LogP contribution is -2.03. The van der Waals surface area contributed by atoms with Crippen LogP contribution in [-0.4, -0.2) is 12.6 Å². The van der Waals surface area contributed by atoms with Gasteiger partial charge in [0.1, 0.15) is 12.4 Å². The molecule has 0 aromatic carbocycles. The van der Waals surface area contributed by atoms with Crippen molar-refractivity contribution in [2.45, 2.75) is 6.92 Å². The number of carbonyl (C=O) groups is 1. The van der Waals surface area contributed by atoms with Crippen LogP contribution >= 0.6 is 0 Å². The molecule has 1 rings (SSSR count). The van der Waals surface area contributed by atoms with Crippen molar-refractivity contribution in [3.8, 4) is 0 Å². The molecule has 0 aromatic heterocycles. The number of hydrogen-bond acceptors (Lipinski definition) is 3. The van der Waals surface area contributed by atoms with E-state index >= 15 is 0 Å². The highest BCUT2D eigenvalue weighted by Gasteiger charge is 1.99. The van der Waals surface area contributed by atoms with E-state index in [0.29, 0.717) is 5.76 Å². The van der Waals surface area contributed by atoms with Gasteiger partial charge in [-0.15, -0.1) is 0 Å². The van der Waals surface area contributed by atoms with E-state index in [1.54, 1.807) is 18.4 Å². The van der Waals surface area contributed by atoms with Crippen LogP contribution in [0.15, 0.2) is 36.3 Å². The number of allylic oxidation sites excluding steroid dienone is 4. The molecule has 0 aliphatic carbocycles. The molecular weight excluding hydrogens is 156 g/mol. The number of hydrogen-bond donors (Lipinski definition) is 0. The smallest absolute Gasteiger partial charge is 0.303 e. The maximum absolute atomic E-state index is 10.4. The van der Waals surface area contributed by atoms with Gasteiger partial charge in [0.2, 0.25) is 0 Å². The van der Waals surface area contributed by atoms with E-state index in [9.17, 15) is 4.79 Å². The van der Waals surface area contributed by atoms with Crippen molar-refractivity contribution in [2.75, 3.05) is 6.61 Å². The van der Waals surface area contributed by atoms with Crippen LogP contribution in [0.3, 0.4) is 0 Å². The second-order valence-corrected chi connectivity index (χ2v) is 2.24. The Balaban J connectivity index is 2.41. The van der Waals surface area contributed by atoms with Gasteiger partial charge in [-0.1, -0.05) is 12.2 Å². The van der Waals surface area contributed by atoms with Crippen LogP contribution in [0.2, 0.25) is 0 Å². The monoisotopic (exact) mass is 166 g/mol. The highest BCUT2D eigenvalue weighted by molar-refractivity contribution is 5.66. The lowest BCUT2D eigenvalue weighted by atomic mass is 10.4. The van der Waals surface area contributed by atoms with Crippen molar-refractivity contribution < 1.29 is 14.3 Å². The predicted octanol–water partition coefficient (Wildman–Crippen LogP) is 1.53. The van der Waals surface area contributed by atoms with Crippen LogP contribution < -0.4 is 0 Å². The Morgan fingerprint density at radius 3 is 3.08 bits per heavy atom. The molecule has 0 saturated carbocycles. The summed E-state index contributed by atoms with van der Waals surface area (Å²) in [6, 6.07) is 0. The molecule has 0 saturated heterocycles. The van der Waals surface area contributed by atoms with Gasteiger partial charge in [0.05, 0.1) is 6.26 Å². The minimum absolute atomic E-state index is 0.185. The van der Waals surface area contributed by atoms with E-state index in [1.807, 2.05) is 12.2 Å². The minimum atomic E-state index is -0.309. The molecule has 12 heavy (non-hydrogen) atoms. The maximum atomic E-state index is 10.4. The maximum Gasteiger partial charge on any atom is 0.303 e. The fourth-order valence-corrected chi connectivity index (χ4v) is 0.693. The standard InChI is InChI=1S/C9H10O3/c1-8(10)12-7-9-5-3-2-4-6-11-9/h2-6H,7H2,1H3. The summed E-state index contributed by atoms with van der Waals surface area (Å²) in [5.74, 6) is 0.312. The SMILES string of the molecule is CC(=O)OCC1=CC=CC=CO1. The molecule has 0 amide bonds. The summed E-state index contributed by atoms with van der Waals surface area (Å²) in [7, 11) is 0. The Hall–Kier alpha value is -1.51. The predicted molar refractivity (Wildman–Crippen MR) is 44.1 cm³/mol. The molecule has 0 fully saturated rings. The van der Waals surface area contributed by atoms with Gasteiger partial charge >= 0.3 is 5.97 Å². The zero-order valence-corrected chi connectivity index (χ0v) is 6.82. The second-order valence-electron chi connectivity index (χ2n) is 2.24. The zero-order valence-electron chi connectivity index (χ0n) is 6.82. The quantitative estimate of drug-likeness (QED) is 0.583. The molecule has 1 aliphatic rings. The minimum Gasteiger partial charge on any atom is -0.466 e. The van der Waals surface area contributed by atoms with Crippen molar-refractivity contribution >= 4 is 5.97 Å². The first-order valence-corrected chi connectivity index (χ1v) is 3.61. The number of rotatable bonds is 2. The lowest BCUT2D eigenvalue weighted by molar-refractivity contribution is -0.140. The summed E-state index contributed by atoms with van der Waals surface area (Å²) in [6.45, 7) is 1.55. The third kappa shape index (κ3) is 3.05. The highest BCUT2D eigenvalue weighted by atomic mass is 16.6. The first kappa shape index (κ1) is 8.59. The summed E-state index contributed by atoms with van der Waals surface area (Å²) >= 11 is 0. The average Bonchev–Trinajstić information content (AvgIpc) is 2.28. The van der Waals surface area contributed by atoms with Crippen LogP contribution in [0.25, 0.3) is 0 Å². The Labute approximate surface area is 71.0 Å². The highest BCUT2D eigenvalue weighted by Crippen LogP contribution is 2.03. The Bertz CT molecular complexity index is 248. The number of ether oxygens (including phenoxy) is 2. The second kappa shape index (κ2) is 4.38. The molecule has 0 atom stereocenters. The summed E-state index contributed by atoms with van der Waals surface area (Å²) in [6.07, 6.45) is 8.71. The van der Waals surface area contributed by atoms with Gasteiger partial charge in [-0.05, 0) is 12.2 Å².